The van der Waals surface area contributed by atoms with Gasteiger partial charge in [-0.2, -0.15) is 0 Å². The van der Waals surface area contributed by atoms with Crippen LogP contribution in [0.25, 0.3) is 0 Å². The number of aromatic hydroxyl groups is 1. The third kappa shape index (κ3) is 2.43. The van der Waals surface area contributed by atoms with Crippen LogP contribution in [0.1, 0.15) is 54.4 Å². The molecule has 0 radical (unpaired) electrons. The van der Waals surface area contributed by atoms with Crippen LogP contribution in [0.2, 0.25) is 0 Å². The van der Waals surface area contributed by atoms with E-state index in [1.807, 2.05) is 0 Å². The first-order valence-corrected chi connectivity index (χ1v) is 8.82. The van der Waals surface area contributed by atoms with Gasteiger partial charge in [0.25, 0.3) is 0 Å². The van der Waals surface area contributed by atoms with Crippen molar-refractivity contribution in [2.45, 2.75) is 43.9 Å². The molecule has 0 amide bonds. The molecule has 4 aliphatic carbocycles. The maximum atomic E-state index is 14.2. The number of hydrogen-bond acceptors (Lipinski definition) is 3. The molecule has 4 bridgehead atoms. The van der Waals surface area contributed by atoms with Crippen molar-refractivity contribution in [1.29, 1.82) is 0 Å². The Labute approximate surface area is 141 Å². The van der Waals surface area contributed by atoms with Crippen molar-refractivity contribution in [1.82, 2.24) is 0 Å². The van der Waals surface area contributed by atoms with Gasteiger partial charge in [0.05, 0.1) is 5.56 Å². The van der Waals surface area contributed by atoms with E-state index in [1.54, 1.807) is 6.07 Å². The molecule has 4 fully saturated rings. The zero-order chi connectivity index (χ0) is 16.9. The second-order valence-electron chi connectivity index (χ2n) is 7.93. The number of halogens is 1. The van der Waals surface area contributed by atoms with Crippen molar-refractivity contribution in [3.8, 4) is 5.75 Å². The minimum atomic E-state index is -0.727. The van der Waals surface area contributed by atoms with Gasteiger partial charge in [-0.3, -0.25) is 0 Å². The van der Waals surface area contributed by atoms with Crippen molar-refractivity contribution >= 4 is 5.97 Å². The molecule has 0 spiro atoms. The Morgan fingerprint density at radius 1 is 1.25 bits per heavy atom. The number of carbonyl (C=O) groups excluding carboxylic acids is 1. The van der Waals surface area contributed by atoms with Gasteiger partial charge in [-0.1, -0.05) is 12.7 Å². The van der Waals surface area contributed by atoms with Crippen LogP contribution >= 0.6 is 0 Å². The number of phenolic OH excluding ortho intramolecular Hbond substituents is 1. The average Bonchev–Trinajstić information content (AvgIpc) is 2.51. The van der Waals surface area contributed by atoms with Crippen molar-refractivity contribution < 1.29 is 19.0 Å². The van der Waals surface area contributed by atoms with E-state index in [1.165, 1.54) is 25.3 Å². The highest BCUT2D eigenvalue weighted by molar-refractivity contribution is 5.90. The van der Waals surface area contributed by atoms with E-state index in [-0.39, 0.29) is 23.3 Å². The van der Waals surface area contributed by atoms with Gasteiger partial charge in [0.2, 0.25) is 0 Å². The summed E-state index contributed by atoms with van der Waals surface area (Å²) in [7, 11) is 0. The lowest BCUT2D eigenvalue weighted by Crippen LogP contribution is -2.48. The number of benzene rings is 1. The molecule has 1 N–H and O–H groups in total. The third-order valence-corrected chi connectivity index (χ3v) is 6.25. The number of esters is 1. The summed E-state index contributed by atoms with van der Waals surface area (Å²) < 4.78 is 19.2. The fourth-order valence-corrected chi connectivity index (χ4v) is 5.80. The van der Waals surface area contributed by atoms with Crippen LogP contribution in [-0.4, -0.2) is 17.7 Å². The van der Waals surface area contributed by atoms with Gasteiger partial charge in [-0.25, -0.2) is 9.18 Å². The zero-order valence-electron chi connectivity index (χ0n) is 13.8. The van der Waals surface area contributed by atoms with E-state index in [0.29, 0.717) is 17.8 Å². The fourth-order valence-electron chi connectivity index (χ4n) is 5.80. The van der Waals surface area contributed by atoms with E-state index in [4.69, 9.17) is 4.74 Å². The molecule has 0 unspecified atom stereocenters. The molecule has 0 atom stereocenters. The summed E-state index contributed by atoms with van der Waals surface area (Å²) in [4.78, 5) is 12.1. The molecule has 5 rings (SSSR count). The molecule has 0 aliphatic heterocycles. The second kappa shape index (κ2) is 5.61. The summed E-state index contributed by atoms with van der Waals surface area (Å²) in [5, 5.41) is 10.4. The minimum absolute atomic E-state index is 0.0188. The molecule has 4 aliphatic rings. The van der Waals surface area contributed by atoms with Crippen LogP contribution in [0, 0.1) is 23.6 Å². The number of phenols is 1. The standard InChI is InChI=1S/C20H23FO3/c1-2-3-24-19(23)15-7-16(18(22)8-17(15)21)20-9-12-4-13(10-20)6-14(5-12)11-20/h2,7-8,12-14,22H,1,3-6,9-11H2. The summed E-state index contributed by atoms with van der Waals surface area (Å²) in [6, 6.07) is 2.63. The Morgan fingerprint density at radius 3 is 2.38 bits per heavy atom. The predicted molar refractivity (Wildman–Crippen MR) is 88.4 cm³/mol. The van der Waals surface area contributed by atoms with E-state index in [9.17, 15) is 14.3 Å². The lowest BCUT2D eigenvalue weighted by atomic mass is 9.48. The van der Waals surface area contributed by atoms with E-state index in [2.05, 4.69) is 6.58 Å². The summed E-state index contributed by atoms with van der Waals surface area (Å²) >= 11 is 0. The lowest BCUT2D eigenvalue weighted by molar-refractivity contribution is -0.00621. The first kappa shape index (κ1) is 15.7. The summed E-state index contributed by atoms with van der Waals surface area (Å²) in [5.41, 5.74) is 0.564. The van der Waals surface area contributed by atoms with Gasteiger partial charge in [-0.05, 0) is 67.8 Å². The van der Waals surface area contributed by atoms with Crippen molar-refractivity contribution in [2.75, 3.05) is 6.61 Å². The first-order chi connectivity index (χ1) is 11.5. The Hall–Kier alpha value is -1.84. The molecule has 128 valence electrons. The van der Waals surface area contributed by atoms with Gasteiger partial charge >= 0.3 is 5.97 Å². The van der Waals surface area contributed by atoms with E-state index < -0.39 is 11.8 Å². The highest BCUT2D eigenvalue weighted by Crippen LogP contribution is 2.61. The Balaban J connectivity index is 1.73. The summed E-state index contributed by atoms with van der Waals surface area (Å²) in [6.45, 7) is 3.54. The van der Waals surface area contributed by atoms with Crippen LogP contribution < -0.4 is 0 Å². The maximum absolute atomic E-state index is 14.2. The molecule has 1 aromatic rings. The smallest absolute Gasteiger partial charge is 0.341 e. The fraction of sp³-hybridized carbons (Fsp3) is 0.550. The molecule has 0 aromatic heterocycles. The Bertz CT molecular complexity index is 659. The largest absolute Gasteiger partial charge is 0.508 e. The van der Waals surface area contributed by atoms with Crippen molar-refractivity contribution in [3.63, 3.8) is 0 Å². The molecular weight excluding hydrogens is 307 g/mol. The second-order valence-corrected chi connectivity index (χ2v) is 7.93. The van der Waals surface area contributed by atoms with E-state index in [0.717, 1.165) is 30.9 Å². The van der Waals surface area contributed by atoms with Crippen LogP contribution in [0.15, 0.2) is 24.8 Å². The minimum Gasteiger partial charge on any atom is -0.508 e. The Morgan fingerprint density at radius 2 is 1.83 bits per heavy atom. The number of hydrogen-bond donors (Lipinski definition) is 1. The lowest BCUT2D eigenvalue weighted by Gasteiger charge is -2.57. The van der Waals surface area contributed by atoms with Crippen molar-refractivity contribution in [3.05, 3.63) is 41.7 Å². The van der Waals surface area contributed by atoms with Crippen molar-refractivity contribution in [2.24, 2.45) is 17.8 Å². The molecule has 24 heavy (non-hydrogen) atoms. The SMILES string of the molecule is C=CCOC(=O)c1cc(C23CC4CC(CC(C4)C2)C3)c(O)cc1F. The van der Waals surface area contributed by atoms with Gasteiger partial charge < -0.3 is 9.84 Å². The molecule has 0 heterocycles. The van der Waals surface area contributed by atoms with Gasteiger partial charge in [0, 0.05) is 11.6 Å². The summed E-state index contributed by atoms with van der Waals surface area (Å²) in [5.74, 6) is 0.675. The normalized spacial score (nSPS) is 33.5. The topological polar surface area (TPSA) is 46.5 Å². The molecule has 4 heteroatoms. The molecular formula is C20H23FO3. The predicted octanol–water partition coefficient (Wildman–Crippen LogP) is 4.34. The molecule has 4 saturated carbocycles. The van der Waals surface area contributed by atoms with Gasteiger partial charge in [-0.15, -0.1) is 0 Å². The van der Waals surface area contributed by atoms with Crippen LogP contribution in [0.5, 0.6) is 5.75 Å². The number of rotatable bonds is 4. The first-order valence-electron chi connectivity index (χ1n) is 8.82. The highest BCUT2D eigenvalue weighted by atomic mass is 19.1. The molecule has 3 nitrogen and oxygen atoms in total. The third-order valence-electron chi connectivity index (χ3n) is 6.25. The highest BCUT2D eigenvalue weighted by Gasteiger charge is 2.52. The zero-order valence-corrected chi connectivity index (χ0v) is 13.8. The quantitative estimate of drug-likeness (QED) is 0.660. The van der Waals surface area contributed by atoms with Crippen LogP contribution in [0.3, 0.4) is 0 Å². The van der Waals surface area contributed by atoms with Gasteiger partial charge in [0.1, 0.15) is 18.2 Å². The van der Waals surface area contributed by atoms with Crippen LogP contribution in [-0.2, 0) is 10.2 Å². The summed E-state index contributed by atoms with van der Waals surface area (Å²) in [6.07, 6.45) is 8.44. The molecule has 1 aromatic carbocycles. The van der Waals surface area contributed by atoms with Crippen LogP contribution in [0.4, 0.5) is 4.39 Å². The number of carbonyl (C=O) groups is 1. The maximum Gasteiger partial charge on any atom is 0.341 e. The Kier molecular flexibility index (Phi) is 3.66. The number of ether oxygens (including phenoxy) is 1. The molecule has 0 saturated heterocycles. The van der Waals surface area contributed by atoms with E-state index >= 15 is 0 Å². The average molecular weight is 330 g/mol. The van der Waals surface area contributed by atoms with Gasteiger partial charge in [0.15, 0.2) is 0 Å². The monoisotopic (exact) mass is 330 g/mol.